The maximum atomic E-state index is 15.2. The molecule has 46 heavy (non-hydrogen) atoms. The number of nitriles is 1. The molecule has 9 unspecified atom stereocenters. The van der Waals surface area contributed by atoms with E-state index in [2.05, 4.69) is 20.4 Å². The molecule has 9 atom stereocenters. The van der Waals surface area contributed by atoms with E-state index in [0.29, 0.717) is 12.8 Å². The van der Waals surface area contributed by atoms with Crippen molar-refractivity contribution >= 4 is 29.6 Å². The van der Waals surface area contributed by atoms with Crippen molar-refractivity contribution in [2.45, 2.75) is 76.4 Å². The maximum absolute atomic E-state index is 15.2. The van der Waals surface area contributed by atoms with Gasteiger partial charge in [-0.1, -0.05) is 20.8 Å². The molecule has 1 aromatic heterocycles. The van der Waals surface area contributed by atoms with Gasteiger partial charge in [0.25, 0.3) is 12.3 Å². The van der Waals surface area contributed by atoms with E-state index in [4.69, 9.17) is 4.74 Å². The summed E-state index contributed by atoms with van der Waals surface area (Å²) in [6.45, 7) is 3.42. The molecular formula is C30H34F4N6O6. The number of anilines is 1. The van der Waals surface area contributed by atoms with Crippen molar-refractivity contribution in [3.63, 3.8) is 0 Å². The smallest absolute Gasteiger partial charge is 0.408 e. The Morgan fingerprint density at radius 1 is 1.26 bits per heavy atom. The SMILES string of the molecule is CC(C)(C)C(NC(=O)OCC(F)F)C(=O)N1CC2C3CC(F)C(C3)C2C1C(=O)N1CC2(CC1C#N)Oc1cc(F)cnc1NC2=O. The van der Waals surface area contributed by atoms with Crippen molar-refractivity contribution in [1.29, 1.82) is 5.26 Å². The molecule has 4 amide bonds. The lowest BCUT2D eigenvalue weighted by atomic mass is 9.77. The highest BCUT2D eigenvalue weighted by Gasteiger charge is 2.65. The second-order valence-corrected chi connectivity index (χ2v) is 13.9. The van der Waals surface area contributed by atoms with Gasteiger partial charge in [-0.25, -0.2) is 27.3 Å². The van der Waals surface area contributed by atoms with Crippen LogP contribution in [0.3, 0.4) is 0 Å². The Morgan fingerprint density at radius 3 is 2.67 bits per heavy atom. The third-order valence-electron chi connectivity index (χ3n) is 10.0. The lowest BCUT2D eigenvalue weighted by molar-refractivity contribution is -0.149. The number of pyridine rings is 1. The van der Waals surface area contributed by atoms with Gasteiger partial charge in [0.05, 0.1) is 18.8 Å². The summed E-state index contributed by atoms with van der Waals surface area (Å²) in [5, 5.41) is 15.0. The van der Waals surface area contributed by atoms with E-state index in [9.17, 15) is 37.6 Å². The van der Waals surface area contributed by atoms with Gasteiger partial charge in [-0.05, 0) is 41.9 Å². The summed E-state index contributed by atoms with van der Waals surface area (Å²) in [5.41, 5.74) is -2.72. The first-order chi connectivity index (χ1) is 21.6. The standard InChI is InChI=1S/C30H34F4N6O6/c1-29(2,3)23(37-28(44)45-11-20(33)34)26(42)39-10-17-13-4-16(18(32)5-13)21(17)22(39)25(41)40-12-30(7-15(40)8-35)27(43)38-24-19(46-30)6-14(31)9-36-24/h6,9,13,15-18,20-23H,4-5,7,10-12H2,1-3H3,(H,37,44)(H,36,38,43). The first kappa shape index (κ1) is 31.8. The zero-order valence-corrected chi connectivity index (χ0v) is 25.3. The van der Waals surface area contributed by atoms with E-state index in [1.54, 1.807) is 20.8 Å². The highest BCUT2D eigenvalue weighted by molar-refractivity contribution is 6.01. The number of hydrogen-bond donors (Lipinski definition) is 2. The van der Waals surface area contributed by atoms with Crippen LogP contribution in [0.15, 0.2) is 12.3 Å². The number of amides is 4. The van der Waals surface area contributed by atoms with Gasteiger partial charge in [0, 0.05) is 19.0 Å². The van der Waals surface area contributed by atoms with Gasteiger partial charge >= 0.3 is 6.09 Å². The highest BCUT2D eigenvalue weighted by atomic mass is 19.3. The van der Waals surface area contributed by atoms with Crippen molar-refractivity contribution in [3.8, 4) is 11.8 Å². The Bertz CT molecular complexity index is 1500. The van der Waals surface area contributed by atoms with Crippen molar-refractivity contribution in [2.24, 2.45) is 29.1 Å². The monoisotopic (exact) mass is 650 g/mol. The van der Waals surface area contributed by atoms with Gasteiger partial charge in [-0.15, -0.1) is 0 Å². The molecular weight excluding hydrogens is 616 g/mol. The topological polar surface area (TPSA) is 154 Å². The summed E-state index contributed by atoms with van der Waals surface area (Å²) in [4.78, 5) is 60.8. The van der Waals surface area contributed by atoms with E-state index in [0.717, 1.165) is 17.2 Å². The average molecular weight is 651 g/mol. The zero-order valence-electron chi connectivity index (χ0n) is 25.3. The first-order valence-electron chi connectivity index (χ1n) is 15.2. The number of halogens is 4. The maximum Gasteiger partial charge on any atom is 0.408 e. The van der Waals surface area contributed by atoms with E-state index < -0.39 is 96.4 Å². The molecule has 2 N–H and O–H groups in total. The molecule has 1 aromatic rings. The summed E-state index contributed by atoms with van der Waals surface area (Å²) in [7, 11) is 0. The Hall–Kier alpha value is -4.16. The second kappa shape index (κ2) is 11.3. The van der Waals surface area contributed by atoms with Gasteiger partial charge in [0.15, 0.2) is 18.2 Å². The third kappa shape index (κ3) is 5.27. The van der Waals surface area contributed by atoms with Gasteiger partial charge in [-0.2, -0.15) is 5.26 Å². The van der Waals surface area contributed by atoms with E-state index >= 15 is 4.39 Å². The van der Waals surface area contributed by atoms with Crippen LogP contribution in [0.5, 0.6) is 5.75 Å². The van der Waals surface area contributed by atoms with Crippen LogP contribution in [0.25, 0.3) is 0 Å². The number of ether oxygens (including phenoxy) is 2. The molecule has 3 aliphatic heterocycles. The number of alkyl carbamates (subject to hydrolysis) is 1. The molecule has 0 aromatic carbocycles. The molecule has 12 nitrogen and oxygen atoms in total. The van der Waals surface area contributed by atoms with E-state index in [1.165, 1.54) is 4.90 Å². The van der Waals surface area contributed by atoms with Crippen molar-refractivity contribution in [3.05, 3.63) is 18.1 Å². The summed E-state index contributed by atoms with van der Waals surface area (Å²) in [6.07, 6.45) is -3.88. The van der Waals surface area contributed by atoms with Crippen LogP contribution in [0.2, 0.25) is 0 Å². The fraction of sp³-hybridized carbons (Fsp3) is 0.667. The predicted octanol–water partition coefficient (Wildman–Crippen LogP) is 2.64. The minimum atomic E-state index is -2.92. The summed E-state index contributed by atoms with van der Waals surface area (Å²) in [6, 6.07) is -0.672. The molecule has 6 rings (SSSR count). The van der Waals surface area contributed by atoms with Gasteiger partial charge < -0.3 is 29.9 Å². The minimum absolute atomic E-state index is 0.0190. The van der Waals surface area contributed by atoms with Crippen molar-refractivity contribution in [2.75, 3.05) is 25.0 Å². The van der Waals surface area contributed by atoms with Crippen LogP contribution in [-0.2, 0) is 19.1 Å². The molecule has 5 aliphatic rings. The molecule has 4 heterocycles. The lowest BCUT2D eigenvalue weighted by Crippen LogP contribution is -2.60. The molecule has 1 spiro atoms. The Labute approximate surface area is 261 Å². The number of aromatic nitrogens is 1. The fourth-order valence-corrected chi connectivity index (χ4v) is 8.06. The Balaban J connectivity index is 1.32. The molecule has 0 radical (unpaired) electrons. The second-order valence-electron chi connectivity index (χ2n) is 13.9. The quantitative estimate of drug-likeness (QED) is 0.462. The molecule has 2 aliphatic carbocycles. The summed E-state index contributed by atoms with van der Waals surface area (Å²) in [5.74, 6) is -4.30. The number of likely N-dealkylation sites (tertiary alicyclic amines) is 2. The number of alkyl halides is 3. The molecule has 4 fully saturated rings. The van der Waals surface area contributed by atoms with Crippen LogP contribution in [0.1, 0.15) is 40.0 Å². The van der Waals surface area contributed by atoms with Gasteiger partial charge in [0.1, 0.15) is 30.1 Å². The lowest BCUT2D eigenvalue weighted by Gasteiger charge is -2.38. The highest BCUT2D eigenvalue weighted by Crippen LogP contribution is 2.59. The number of hydrogen-bond acceptors (Lipinski definition) is 8. The molecule has 248 valence electrons. The largest absolute Gasteiger partial charge is 0.471 e. The average Bonchev–Trinajstić information content (AvgIpc) is 3.74. The Kier molecular flexibility index (Phi) is 7.79. The van der Waals surface area contributed by atoms with Crippen LogP contribution in [0, 0.1) is 46.2 Å². The fourth-order valence-electron chi connectivity index (χ4n) is 8.06. The number of nitrogens with zero attached hydrogens (tertiary/aromatic N) is 4. The Morgan fingerprint density at radius 2 is 2.00 bits per heavy atom. The predicted molar refractivity (Wildman–Crippen MR) is 149 cm³/mol. The van der Waals surface area contributed by atoms with E-state index in [1.807, 2.05) is 6.07 Å². The number of carbonyl (C=O) groups excluding carboxylic acids is 4. The third-order valence-corrected chi connectivity index (χ3v) is 10.0. The summed E-state index contributed by atoms with van der Waals surface area (Å²) < 4.78 is 65.0. The number of nitrogens with one attached hydrogen (secondary N) is 2. The molecule has 2 saturated carbocycles. The number of carbonyl (C=O) groups is 4. The van der Waals surface area contributed by atoms with Crippen molar-refractivity contribution in [1.82, 2.24) is 20.1 Å². The normalized spacial score (nSPS) is 33.3. The van der Waals surface area contributed by atoms with Gasteiger partial charge in [0.2, 0.25) is 17.4 Å². The van der Waals surface area contributed by atoms with E-state index in [-0.39, 0.29) is 36.4 Å². The van der Waals surface area contributed by atoms with Crippen molar-refractivity contribution < 1.29 is 46.2 Å². The number of fused-ring (bicyclic) bond motifs is 6. The molecule has 16 heteroatoms. The van der Waals surface area contributed by atoms with Crippen LogP contribution in [0.4, 0.5) is 28.2 Å². The summed E-state index contributed by atoms with van der Waals surface area (Å²) >= 11 is 0. The zero-order chi connectivity index (χ0) is 33.3. The van der Waals surface area contributed by atoms with Crippen LogP contribution < -0.4 is 15.4 Å². The number of rotatable bonds is 5. The molecule has 2 bridgehead atoms. The van der Waals surface area contributed by atoms with Crippen LogP contribution >= 0.6 is 0 Å². The first-order valence-corrected chi connectivity index (χ1v) is 15.2. The van der Waals surface area contributed by atoms with Crippen LogP contribution in [-0.4, -0.2) is 94.6 Å². The minimum Gasteiger partial charge on any atom is -0.471 e. The molecule has 2 saturated heterocycles. The van der Waals surface area contributed by atoms with Gasteiger partial charge in [-0.3, -0.25) is 14.4 Å².